The number of nitrogens with one attached hydrogen (secondary N) is 1. The van der Waals surface area contributed by atoms with E-state index in [9.17, 15) is 0 Å². The number of aromatic nitrogens is 2. The molecule has 0 unspecified atom stereocenters. The predicted octanol–water partition coefficient (Wildman–Crippen LogP) is 1.55. The van der Waals surface area contributed by atoms with Gasteiger partial charge in [0.05, 0.1) is 5.69 Å². The van der Waals surface area contributed by atoms with Crippen molar-refractivity contribution in [1.82, 2.24) is 15.1 Å². The lowest BCUT2D eigenvalue weighted by Crippen LogP contribution is -2.35. The van der Waals surface area contributed by atoms with Crippen LogP contribution in [0.2, 0.25) is 0 Å². The van der Waals surface area contributed by atoms with E-state index < -0.39 is 0 Å². The second-order valence-corrected chi connectivity index (χ2v) is 3.65. The largest absolute Gasteiger partial charge is 0.308 e. The van der Waals surface area contributed by atoms with Crippen LogP contribution in [0.25, 0.3) is 0 Å². The van der Waals surface area contributed by atoms with Crippen LogP contribution in [0.3, 0.4) is 0 Å². The van der Waals surface area contributed by atoms with E-state index in [-0.39, 0.29) is 0 Å². The number of nitrogens with zero attached hydrogens (tertiary/aromatic N) is 2. The minimum atomic E-state index is 0.764. The third-order valence-electron chi connectivity index (χ3n) is 2.78. The summed E-state index contributed by atoms with van der Waals surface area (Å²) in [4.78, 5) is 0. The molecule has 1 saturated carbocycles. The van der Waals surface area contributed by atoms with E-state index in [1.807, 2.05) is 10.9 Å². The molecule has 3 heteroatoms. The van der Waals surface area contributed by atoms with Crippen molar-refractivity contribution in [3.63, 3.8) is 0 Å². The van der Waals surface area contributed by atoms with Gasteiger partial charge in [0.1, 0.15) is 0 Å². The van der Waals surface area contributed by atoms with Crippen molar-refractivity contribution in [3.8, 4) is 0 Å². The van der Waals surface area contributed by atoms with Crippen molar-refractivity contribution in [2.45, 2.75) is 45.3 Å². The first kappa shape index (κ1) is 8.75. The molecule has 0 amide bonds. The lowest BCUT2D eigenvalue weighted by molar-refractivity contribution is 0.334. The zero-order valence-electron chi connectivity index (χ0n) is 8.16. The molecule has 1 aromatic rings. The molecular weight excluding hydrogens is 162 g/mol. The molecule has 0 saturated heterocycles. The summed E-state index contributed by atoms with van der Waals surface area (Å²) in [6.45, 7) is 4.06. The van der Waals surface area contributed by atoms with Crippen LogP contribution in [-0.2, 0) is 13.1 Å². The third kappa shape index (κ3) is 1.91. The fourth-order valence-corrected chi connectivity index (χ4v) is 1.66. The Hall–Kier alpha value is -0.830. The number of hydrogen-bond acceptors (Lipinski definition) is 2. The predicted molar refractivity (Wildman–Crippen MR) is 52.4 cm³/mol. The van der Waals surface area contributed by atoms with Crippen molar-refractivity contribution in [2.24, 2.45) is 0 Å². The minimum absolute atomic E-state index is 0.764. The summed E-state index contributed by atoms with van der Waals surface area (Å²) in [7, 11) is 0. The molecule has 1 heterocycles. The van der Waals surface area contributed by atoms with Gasteiger partial charge in [-0.2, -0.15) is 5.10 Å². The molecule has 0 aromatic carbocycles. The van der Waals surface area contributed by atoms with Crippen molar-refractivity contribution < 1.29 is 0 Å². The topological polar surface area (TPSA) is 29.9 Å². The molecule has 0 spiro atoms. The summed E-state index contributed by atoms with van der Waals surface area (Å²) in [5.74, 6) is 0. The maximum atomic E-state index is 4.23. The van der Waals surface area contributed by atoms with Gasteiger partial charge in [-0.1, -0.05) is 6.42 Å². The van der Waals surface area contributed by atoms with E-state index in [1.54, 1.807) is 0 Å². The summed E-state index contributed by atoms with van der Waals surface area (Å²) in [6.07, 6.45) is 5.96. The minimum Gasteiger partial charge on any atom is -0.308 e. The zero-order chi connectivity index (χ0) is 9.10. The van der Waals surface area contributed by atoms with Crippen molar-refractivity contribution in [1.29, 1.82) is 0 Å². The standard InChI is InChI=1S/C10H17N3/c1-2-13-10(6-7-12-13)8-11-9-4-3-5-9/h6-7,9,11H,2-5,8H2,1H3. The van der Waals surface area contributed by atoms with E-state index in [0.29, 0.717) is 0 Å². The SMILES string of the molecule is CCn1nccc1CNC1CCC1. The van der Waals surface area contributed by atoms with Gasteiger partial charge in [0.15, 0.2) is 0 Å². The molecule has 0 aliphatic heterocycles. The zero-order valence-corrected chi connectivity index (χ0v) is 8.16. The van der Waals surface area contributed by atoms with E-state index >= 15 is 0 Å². The van der Waals surface area contributed by atoms with Crippen molar-refractivity contribution in [2.75, 3.05) is 0 Å². The van der Waals surface area contributed by atoms with Crippen LogP contribution in [0.5, 0.6) is 0 Å². The van der Waals surface area contributed by atoms with Crippen LogP contribution in [0, 0.1) is 0 Å². The summed E-state index contributed by atoms with van der Waals surface area (Å²) >= 11 is 0. The van der Waals surface area contributed by atoms with Crippen LogP contribution < -0.4 is 5.32 Å². The highest BCUT2D eigenvalue weighted by atomic mass is 15.3. The highest BCUT2D eigenvalue weighted by Crippen LogP contribution is 2.18. The summed E-state index contributed by atoms with van der Waals surface area (Å²) in [6, 6.07) is 2.86. The molecule has 72 valence electrons. The van der Waals surface area contributed by atoms with E-state index in [0.717, 1.165) is 19.1 Å². The second-order valence-electron chi connectivity index (χ2n) is 3.65. The van der Waals surface area contributed by atoms with Crippen molar-refractivity contribution >= 4 is 0 Å². The van der Waals surface area contributed by atoms with Gasteiger partial charge < -0.3 is 5.32 Å². The van der Waals surface area contributed by atoms with Crippen LogP contribution in [0.1, 0.15) is 31.9 Å². The highest BCUT2D eigenvalue weighted by molar-refractivity contribution is 5.00. The highest BCUT2D eigenvalue weighted by Gasteiger charge is 2.16. The Balaban J connectivity index is 1.85. The Kier molecular flexibility index (Phi) is 2.64. The van der Waals surface area contributed by atoms with E-state index in [4.69, 9.17) is 0 Å². The van der Waals surface area contributed by atoms with Gasteiger partial charge >= 0.3 is 0 Å². The molecule has 2 rings (SSSR count). The first-order chi connectivity index (χ1) is 6.40. The molecule has 1 aliphatic carbocycles. The van der Waals surface area contributed by atoms with Gasteiger partial charge in [-0.25, -0.2) is 0 Å². The molecular formula is C10H17N3. The Morgan fingerprint density at radius 2 is 2.46 bits per heavy atom. The average molecular weight is 179 g/mol. The fourth-order valence-electron chi connectivity index (χ4n) is 1.66. The van der Waals surface area contributed by atoms with Gasteiger partial charge in [-0.3, -0.25) is 4.68 Å². The molecule has 1 aromatic heterocycles. The molecule has 0 radical (unpaired) electrons. The first-order valence-electron chi connectivity index (χ1n) is 5.14. The molecule has 13 heavy (non-hydrogen) atoms. The number of aryl methyl sites for hydroxylation is 1. The maximum Gasteiger partial charge on any atom is 0.0522 e. The number of rotatable bonds is 4. The van der Waals surface area contributed by atoms with Gasteiger partial charge in [0, 0.05) is 25.3 Å². The van der Waals surface area contributed by atoms with E-state index in [1.165, 1.54) is 25.0 Å². The van der Waals surface area contributed by atoms with Crippen LogP contribution in [-0.4, -0.2) is 15.8 Å². The first-order valence-corrected chi connectivity index (χ1v) is 5.14. The summed E-state index contributed by atoms with van der Waals surface area (Å²) in [5.41, 5.74) is 1.30. The quantitative estimate of drug-likeness (QED) is 0.760. The average Bonchev–Trinajstić information content (AvgIpc) is 2.49. The van der Waals surface area contributed by atoms with Crippen LogP contribution in [0.15, 0.2) is 12.3 Å². The second kappa shape index (κ2) is 3.92. The molecule has 3 nitrogen and oxygen atoms in total. The lowest BCUT2D eigenvalue weighted by atomic mass is 9.93. The monoisotopic (exact) mass is 179 g/mol. The Morgan fingerprint density at radius 3 is 3.08 bits per heavy atom. The third-order valence-corrected chi connectivity index (χ3v) is 2.78. The molecule has 1 aliphatic rings. The normalized spacial score (nSPS) is 17.3. The molecule has 1 N–H and O–H groups in total. The maximum absolute atomic E-state index is 4.23. The molecule has 0 atom stereocenters. The van der Waals surface area contributed by atoms with Crippen molar-refractivity contribution in [3.05, 3.63) is 18.0 Å². The lowest BCUT2D eigenvalue weighted by Gasteiger charge is -2.26. The summed E-state index contributed by atoms with van der Waals surface area (Å²) in [5, 5.41) is 7.77. The Bertz CT molecular complexity index is 263. The van der Waals surface area contributed by atoms with E-state index in [2.05, 4.69) is 23.4 Å². The van der Waals surface area contributed by atoms with Crippen LogP contribution in [0.4, 0.5) is 0 Å². The summed E-state index contributed by atoms with van der Waals surface area (Å²) < 4.78 is 2.05. The smallest absolute Gasteiger partial charge is 0.0522 e. The number of hydrogen-bond donors (Lipinski definition) is 1. The van der Waals surface area contributed by atoms with Gasteiger partial charge in [-0.05, 0) is 25.8 Å². The van der Waals surface area contributed by atoms with Crippen LogP contribution >= 0.6 is 0 Å². The van der Waals surface area contributed by atoms with Gasteiger partial charge in [0.25, 0.3) is 0 Å². The fraction of sp³-hybridized carbons (Fsp3) is 0.700. The van der Waals surface area contributed by atoms with Gasteiger partial charge in [0.2, 0.25) is 0 Å². The Morgan fingerprint density at radius 1 is 1.62 bits per heavy atom. The molecule has 1 fully saturated rings. The molecule has 0 bridgehead atoms. The Labute approximate surface area is 79.1 Å². The van der Waals surface area contributed by atoms with Gasteiger partial charge in [-0.15, -0.1) is 0 Å².